The van der Waals surface area contributed by atoms with Crippen molar-refractivity contribution in [2.45, 2.75) is 32.9 Å². The van der Waals surface area contributed by atoms with Crippen molar-refractivity contribution in [3.63, 3.8) is 0 Å². The quantitative estimate of drug-likeness (QED) is 0.451. The van der Waals surface area contributed by atoms with Crippen molar-refractivity contribution in [2.24, 2.45) is 0 Å². The molecule has 7 nitrogen and oxygen atoms in total. The Morgan fingerprint density at radius 3 is 2.68 bits per heavy atom. The first-order valence-corrected chi connectivity index (χ1v) is 8.75. The van der Waals surface area contributed by atoms with Crippen LogP contribution in [0.5, 0.6) is 5.75 Å². The van der Waals surface area contributed by atoms with Gasteiger partial charge in [-0.25, -0.2) is 5.48 Å². The molecule has 1 aliphatic heterocycles. The highest BCUT2D eigenvalue weighted by Gasteiger charge is 2.25. The van der Waals surface area contributed by atoms with E-state index in [9.17, 15) is 9.59 Å². The molecule has 4 N–H and O–H groups in total. The molecule has 2 aromatic carbocycles. The van der Waals surface area contributed by atoms with Gasteiger partial charge in [-0.15, -0.1) is 12.4 Å². The van der Waals surface area contributed by atoms with Gasteiger partial charge in [0.2, 0.25) is 5.91 Å². The van der Waals surface area contributed by atoms with Gasteiger partial charge in [0.1, 0.15) is 5.75 Å². The maximum absolute atomic E-state index is 12.6. The van der Waals surface area contributed by atoms with E-state index in [0.29, 0.717) is 18.7 Å². The Hall–Kier alpha value is -2.61. The highest BCUT2D eigenvalue weighted by Crippen LogP contribution is 2.23. The first-order chi connectivity index (χ1) is 13.0. The Labute approximate surface area is 169 Å². The van der Waals surface area contributed by atoms with Crippen LogP contribution in [-0.4, -0.2) is 29.7 Å². The van der Waals surface area contributed by atoms with Gasteiger partial charge in [-0.3, -0.25) is 14.8 Å². The van der Waals surface area contributed by atoms with Crippen molar-refractivity contribution in [1.82, 2.24) is 10.8 Å². The molecule has 1 heterocycles. The van der Waals surface area contributed by atoms with Crippen LogP contribution in [0.1, 0.15) is 22.3 Å². The van der Waals surface area contributed by atoms with Crippen LogP contribution in [0.2, 0.25) is 0 Å². The molecular weight excluding hydrogens is 382 g/mol. The van der Waals surface area contributed by atoms with Gasteiger partial charge in [0.25, 0.3) is 5.91 Å². The van der Waals surface area contributed by atoms with Gasteiger partial charge >= 0.3 is 0 Å². The molecule has 2 aromatic rings. The lowest BCUT2D eigenvalue weighted by atomic mass is 9.95. The number of hydrogen-bond donors (Lipinski definition) is 4. The molecule has 8 heteroatoms. The zero-order chi connectivity index (χ0) is 19.4. The van der Waals surface area contributed by atoms with E-state index in [0.717, 1.165) is 27.9 Å². The Kier molecular flexibility index (Phi) is 7.39. The maximum atomic E-state index is 12.6. The Morgan fingerprint density at radius 2 is 1.96 bits per heavy atom. The molecule has 2 amide bonds. The SMILES string of the molecule is Cc1ccc(NC(=O)[C@@H]2Cc3ccc(OCC(=O)NO)cc3CN2)c(C)c1.Cl. The van der Waals surface area contributed by atoms with Crippen LogP contribution < -0.4 is 20.9 Å². The van der Waals surface area contributed by atoms with E-state index in [1.54, 1.807) is 6.07 Å². The summed E-state index contributed by atoms with van der Waals surface area (Å²) >= 11 is 0. The van der Waals surface area contributed by atoms with Crippen molar-refractivity contribution in [2.75, 3.05) is 11.9 Å². The van der Waals surface area contributed by atoms with Gasteiger partial charge in [-0.2, -0.15) is 0 Å². The lowest BCUT2D eigenvalue weighted by Crippen LogP contribution is -2.44. The molecule has 150 valence electrons. The summed E-state index contributed by atoms with van der Waals surface area (Å²) in [6.07, 6.45) is 0.573. The number of carbonyl (C=O) groups excluding carboxylic acids is 2. The highest BCUT2D eigenvalue weighted by atomic mass is 35.5. The van der Waals surface area contributed by atoms with Crippen LogP contribution in [0.4, 0.5) is 5.69 Å². The third kappa shape index (κ3) is 5.22. The van der Waals surface area contributed by atoms with Gasteiger partial charge in [-0.1, -0.05) is 23.8 Å². The average molecular weight is 406 g/mol. The first-order valence-electron chi connectivity index (χ1n) is 8.75. The van der Waals surface area contributed by atoms with Crippen molar-refractivity contribution in [1.29, 1.82) is 0 Å². The third-order valence-corrected chi connectivity index (χ3v) is 4.59. The van der Waals surface area contributed by atoms with Crippen LogP contribution in [0.3, 0.4) is 0 Å². The molecule has 28 heavy (non-hydrogen) atoms. The summed E-state index contributed by atoms with van der Waals surface area (Å²) < 4.78 is 5.32. The van der Waals surface area contributed by atoms with Crippen LogP contribution in [-0.2, 0) is 22.6 Å². The van der Waals surface area contributed by atoms with Crippen LogP contribution >= 0.6 is 12.4 Å². The number of halogens is 1. The fourth-order valence-electron chi connectivity index (χ4n) is 3.12. The number of fused-ring (bicyclic) bond motifs is 1. The van der Waals surface area contributed by atoms with Gasteiger partial charge in [-0.05, 0) is 55.2 Å². The summed E-state index contributed by atoms with van der Waals surface area (Å²) in [6.45, 7) is 4.27. The van der Waals surface area contributed by atoms with Crippen molar-refractivity contribution in [3.8, 4) is 5.75 Å². The number of hydroxylamine groups is 1. The lowest BCUT2D eigenvalue weighted by molar-refractivity contribution is -0.131. The summed E-state index contributed by atoms with van der Waals surface area (Å²) in [5.74, 6) is -0.140. The Bertz CT molecular complexity index is 873. The molecule has 0 bridgehead atoms. The zero-order valence-corrected chi connectivity index (χ0v) is 16.6. The fraction of sp³-hybridized carbons (Fsp3) is 0.300. The lowest BCUT2D eigenvalue weighted by Gasteiger charge is -2.26. The third-order valence-electron chi connectivity index (χ3n) is 4.59. The smallest absolute Gasteiger partial charge is 0.281 e. The average Bonchev–Trinajstić information content (AvgIpc) is 2.67. The second-order valence-electron chi connectivity index (χ2n) is 6.70. The largest absolute Gasteiger partial charge is 0.484 e. The number of benzene rings is 2. The van der Waals surface area contributed by atoms with E-state index >= 15 is 0 Å². The Balaban J connectivity index is 0.00000280. The number of aryl methyl sites for hydroxylation is 2. The topological polar surface area (TPSA) is 99.7 Å². The van der Waals surface area contributed by atoms with E-state index in [1.165, 1.54) is 5.48 Å². The molecular formula is C20H24ClN3O4. The molecule has 0 aliphatic carbocycles. The van der Waals surface area contributed by atoms with Gasteiger partial charge in [0, 0.05) is 12.2 Å². The van der Waals surface area contributed by atoms with Gasteiger partial charge in [0.15, 0.2) is 6.61 Å². The minimum Gasteiger partial charge on any atom is -0.484 e. The first kappa shape index (κ1) is 21.7. The summed E-state index contributed by atoms with van der Waals surface area (Å²) in [7, 11) is 0. The number of carbonyl (C=O) groups is 2. The molecule has 0 fully saturated rings. The van der Waals surface area contributed by atoms with E-state index in [2.05, 4.69) is 10.6 Å². The number of rotatable bonds is 5. The monoisotopic (exact) mass is 405 g/mol. The molecule has 0 saturated heterocycles. The van der Waals surface area contributed by atoms with Gasteiger partial charge in [0.05, 0.1) is 6.04 Å². The number of nitrogens with one attached hydrogen (secondary N) is 3. The van der Waals surface area contributed by atoms with Gasteiger partial charge < -0.3 is 15.4 Å². The minimum atomic E-state index is -0.617. The molecule has 3 rings (SSSR count). The predicted molar refractivity (Wildman–Crippen MR) is 108 cm³/mol. The van der Waals surface area contributed by atoms with Crippen molar-refractivity contribution < 1.29 is 19.5 Å². The van der Waals surface area contributed by atoms with Crippen LogP contribution in [0, 0.1) is 13.8 Å². The second kappa shape index (κ2) is 9.54. The molecule has 0 spiro atoms. The predicted octanol–water partition coefficient (Wildman–Crippen LogP) is 2.26. The van der Waals surface area contributed by atoms with Crippen LogP contribution in [0.25, 0.3) is 0 Å². The second-order valence-corrected chi connectivity index (χ2v) is 6.70. The fourth-order valence-corrected chi connectivity index (χ4v) is 3.12. The van der Waals surface area contributed by atoms with Crippen molar-refractivity contribution >= 4 is 29.9 Å². The zero-order valence-electron chi connectivity index (χ0n) is 15.7. The number of hydrogen-bond acceptors (Lipinski definition) is 5. The number of ether oxygens (including phenoxy) is 1. The van der Waals surface area contributed by atoms with E-state index in [4.69, 9.17) is 9.94 Å². The summed E-state index contributed by atoms with van der Waals surface area (Å²) in [5, 5.41) is 14.7. The summed E-state index contributed by atoms with van der Waals surface area (Å²) in [6, 6.07) is 11.1. The minimum absolute atomic E-state index is 0. The highest BCUT2D eigenvalue weighted by molar-refractivity contribution is 5.95. The van der Waals surface area contributed by atoms with Crippen molar-refractivity contribution in [3.05, 3.63) is 58.7 Å². The van der Waals surface area contributed by atoms with Crippen LogP contribution in [0.15, 0.2) is 36.4 Å². The standard InChI is InChI=1S/C20H23N3O4.ClH/c1-12-3-6-17(13(2)7-12)22-20(25)18-9-14-4-5-16(8-15(14)10-21-18)27-11-19(24)23-26;/h3-8,18,21,26H,9-11H2,1-2H3,(H,22,25)(H,23,24);1H/t18-;/m0./s1. The Morgan fingerprint density at radius 1 is 1.18 bits per heavy atom. The molecule has 0 unspecified atom stereocenters. The normalized spacial score (nSPS) is 15.0. The van der Waals surface area contributed by atoms with E-state index in [-0.39, 0.29) is 31.0 Å². The molecule has 0 saturated carbocycles. The maximum Gasteiger partial charge on any atom is 0.281 e. The molecule has 1 atom stereocenters. The molecule has 1 aliphatic rings. The number of amides is 2. The molecule has 0 aromatic heterocycles. The summed E-state index contributed by atoms with van der Waals surface area (Å²) in [5.41, 5.74) is 6.62. The molecule has 0 radical (unpaired) electrons. The van der Waals surface area contributed by atoms with E-state index < -0.39 is 5.91 Å². The summed E-state index contributed by atoms with van der Waals surface area (Å²) in [4.78, 5) is 23.7. The number of anilines is 1. The van der Waals surface area contributed by atoms with E-state index in [1.807, 2.05) is 44.2 Å².